The molecule has 13 nitrogen and oxygen atoms in total. The van der Waals surface area contributed by atoms with Crippen molar-refractivity contribution >= 4 is 23.7 Å². The van der Waals surface area contributed by atoms with E-state index in [1.807, 2.05) is 27.7 Å². The van der Waals surface area contributed by atoms with E-state index in [9.17, 15) is 24.3 Å². The van der Waals surface area contributed by atoms with Gasteiger partial charge < -0.3 is 36.8 Å². The molecular weight excluding hydrogens is 480 g/mol. The molecule has 0 aliphatic carbocycles. The van der Waals surface area contributed by atoms with Crippen molar-refractivity contribution in [2.75, 3.05) is 0 Å². The van der Waals surface area contributed by atoms with Gasteiger partial charge in [0.15, 0.2) is 0 Å². The standard InChI is InChI=1S/C24H38N8O5/c1-13(2)5-17(25)21(33)30-18(6-14(3)4)22(34)31-19(7-15-9-26-11-28-15)23(35)32-20(24(36)37)8-16-10-27-12-29-16/h9-14,17-20H,5-8,25H2,1-4H3,(H,26,28)(H,27,29)(H,30,33)(H,31,34)(H,32,35)(H,36,37)/t17-,18-,19-,20-/m0/s1. The third-order valence-corrected chi connectivity index (χ3v) is 5.61. The number of nitrogens with zero attached hydrogens (tertiary/aromatic N) is 2. The van der Waals surface area contributed by atoms with Crippen molar-refractivity contribution in [3.63, 3.8) is 0 Å². The average molecular weight is 519 g/mol. The zero-order valence-electron chi connectivity index (χ0n) is 21.7. The largest absolute Gasteiger partial charge is 0.480 e. The number of carbonyl (C=O) groups is 4. The molecule has 13 heteroatoms. The summed E-state index contributed by atoms with van der Waals surface area (Å²) in [7, 11) is 0. The minimum atomic E-state index is -1.26. The van der Waals surface area contributed by atoms with Gasteiger partial charge in [-0.3, -0.25) is 14.4 Å². The molecule has 204 valence electrons. The van der Waals surface area contributed by atoms with Gasteiger partial charge in [-0.25, -0.2) is 14.8 Å². The first-order valence-electron chi connectivity index (χ1n) is 12.3. The zero-order valence-corrected chi connectivity index (χ0v) is 21.7. The molecule has 4 atom stereocenters. The minimum absolute atomic E-state index is 0.0223. The number of aromatic nitrogens is 4. The van der Waals surface area contributed by atoms with Gasteiger partial charge in [-0.2, -0.15) is 0 Å². The maximum absolute atomic E-state index is 13.3. The Labute approximate surface area is 215 Å². The molecule has 0 saturated carbocycles. The van der Waals surface area contributed by atoms with Crippen LogP contribution in [0.25, 0.3) is 0 Å². The molecule has 8 N–H and O–H groups in total. The van der Waals surface area contributed by atoms with Gasteiger partial charge in [-0.15, -0.1) is 0 Å². The monoisotopic (exact) mass is 518 g/mol. The van der Waals surface area contributed by atoms with Gasteiger partial charge in [0.05, 0.1) is 18.7 Å². The molecule has 2 heterocycles. The highest BCUT2D eigenvalue weighted by atomic mass is 16.4. The molecule has 3 amide bonds. The van der Waals surface area contributed by atoms with Crippen molar-refractivity contribution in [1.82, 2.24) is 35.9 Å². The number of imidazole rings is 2. The molecule has 0 aromatic carbocycles. The number of carbonyl (C=O) groups excluding carboxylic acids is 3. The van der Waals surface area contributed by atoms with Crippen LogP contribution in [-0.4, -0.2) is 72.9 Å². The number of nitrogens with one attached hydrogen (secondary N) is 5. The summed E-state index contributed by atoms with van der Waals surface area (Å²) in [4.78, 5) is 64.4. The number of carboxylic acid groups (broad SMARTS) is 1. The fraction of sp³-hybridized carbons (Fsp3) is 0.583. The van der Waals surface area contributed by atoms with Crippen LogP contribution < -0.4 is 21.7 Å². The lowest BCUT2D eigenvalue weighted by atomic mass is 10.00. The van der Waals surface area contributed by atoms with E-state index in [0.29, 0.717) is 24.2 Å². The number of aliphatic carboxylic acids is 1. The normalized spacial score (nSPS) is 14.6. The molecule has 0 unspecified atom stereocenters. The number of H-pyrrole nitrogens is 2. The highest BCUT2D eigenvalue weighted by molar-refractivity contribution is 5.94. The highest BCUT2D eigenvalue weighted by Crippen LogP contribution is 2.09. The number of amides is 3. The van der Waals surface area contributed by atoms with E-state index >= 15 is 0 Å². The lowest BCUT2D eigenvalue weighted by Gasteiger charge is -2.26. The summed E-state index contributed by atoms with van der Waals surface area (Å²) in [6.45, 7) is 7.70. The predicted molar refractivity (Wildman–Crippen MR) is 135 cm³/mol. The van der Waals surface area contributed by atoms with Gasteiger partial charge >= 0.3 is 5.97 Å². The predicted octanol–water partition coefficient (Wildman–Crippen LogP) is -0.123. The maximum Gasteiger partial charge on any atom is 0.326 e. The van der Waals surface area contributed by atoms with E-state index < -0.39 is 47.9 Å². The second-order valence-corrected chi connectivity index (χ2v) is 9.95. The Morgan fingerprint density at radius 2 is 1.24 bits per heavy atom. The molecule has 0 fully saturated rings. The van der Waals surface area contributed by atoms with Crippen LogP contribution >= 0.6 is 0 Å². The highest BCUT2D eigenvalue weighted by Gasteiger charge is 2.31. The fourth-order valence-corrected chi connectivity index (χ4v) is 3.78. The molecule has 2 aromatic rings. The summed E-state index contributed by atoms with van der Waals surface area (Å²) >= 11 is 0. The number of nitrogens with two attached hydrogens (primary N) is 1. The molecule has 0 radical (unpaired) electrons. The lowest BCUT2D eigenvalue weighted by Crippen LogP contribution is -2.58. The van der Waals surface area contributed by atoms with Gasteiger partial charge in [0.1, 0.15) is 18.1 Å². The molecule has 37 heavy (non-hydrogen) atoms. The summed E-state index contributed by atoms with van der Waals surface area (Å²) in [5.41, 5.74) is 7.08. The van der Waals surface area contributed by atoms with Gasteiger partial charge in [0, 0.05) is 36.6 Å². The first kappa shape index (κ1) is 29.5. The molecule has 2 rings (SSSR count). The summed E-state index contributed by atoms with van der Waals surface area (Å²) in [5, 5.41) is 17.5. The average Bonchev–Trinajstić information content (AvgIpc) is 3.51. The Balaban J connectivity index is 2.18. The van der Waals surface area contributed by atoms with E-state index in [0.717, 1.165) is 0 Å². The number of carboxylic acids is 1. The van der Waals surface area contributed by atoms with E-state index in [4.69, 9.17) is 5.73 Å². The van der Waals surface area contributed by atoms with Gasteiger partial charge in [0.25, 0.3) is 0 Å². The summed E-state index contributed by atoms with van der Waals surface area (Å²) < 4.78 is 0. The molecule has 2 aromatic heterocycles. The van der Waals surface area contributed by atoms with Crippen LogP contribution in [0.15, 0.2) is 25.0 Å². The van der Waals surface area contributed by atoms with Crippen LogP contribution in [0.3, 0.4) is 0 Å². The zero-order chi connectivity index (χ0) is 27.5. The van der Waals surface area contributed by atoms with Gasteiger partial charge in [0.2, 0.25) is 17.7 Å². The van der Waals surface area contributed by atoms with E-state index in [1.54, 1.807) is 0 Å². The van der Waals surface area contributed by atoms with Crippen LogP contribution in [0.1, 0.15) is 51.9 Å². The van der Waals surface area contributed by atoms with E-state index in [1.165, 1.54) is 25.0 Å². The quantitative estimate of drug-likeness (QED) is 0.169. The molecule has 0 spiro atoms. The van der Waals surface area contributed by atoms with Crippen LogP contribution in [0.2, 0.25) is 0 Å². The molecule has 0 bridgehead atoms. The van der Waals surface area contributed by atoms with Crippen LogP contribution in [-0.2, 0) is 32.0 Å². The lowest BCUT2D eigenvalue weighted by molar-refractivity contribution is -0.142. The Bertz CT molecular complexity index is 1010. The van der Waals surface area contributed by atoms with E-state index in [2.05, 4.69) is 35.9 Å². The minimum Gasteiger partial charge on any atom is -0.480 e. The van der Waals surface area contributed by atoms with Crippen molar-refractivity contribution in [1.29, 1.82) is 0 Å². The number of hydrogen-bond donors (Lipinski definition) is 7. The maximum atomic E-state index is 13.3. The van der Waals surface area contributed by atoms with E-state index in [-0.39, 0.29) is 24.7 Å². The van der Waals surface area contributed by atoms with Crippen LogP contribution in [0.5, 0.6) is 0 Å². The number of aromatic amines is 2. The summed E-state index contributed by atoms with van der Waals surface area (Å²) in [6.07, 6.45) is 6.60. The molecule has 0 saturated heterocycles. The Morgan fingerprint density at radius 3 is 1.70 bits per heavy atom. The summed E-state index contributed by atoms with van der Waals surface area (Å²) in [6, 6.07) is -4.09. The first-order valence-corrected chi connectivity index (χ1v) is 12.3. The van der Waals surface area contributed by atoms with Crippen molar-refractivity contribution in [3.8, 4) is 0 Å². The Morgan fingerprint density at radius 1 is 0.784 bits per heavy atom. The number of hydrogen-bond acceptors (Lipinski definition) is 7. The Kier molecular flexibility index (Phi) is 11.2. The smallest absolute Gasteiger partial charge is 0.326 e. The van der Waals surface area contributed by atoms with Crippen LogP contribution in [0, 0.1) is 11.8 Å². The second kappa shape index (κ2) is 14.1. The van der Waals surface area contributed by atoms with Crippen molar-refractivity contribution in [2.45, 2.75) is 77.5 Å². The third kappa shape index (κ3) is 10.0. The summed E-state index contributed by atoms with van der Waals surface area (Å²) in [5.74, 6) is -2.69. The van der Waals surface area contributed by atoms with Gasteiger partial charge in [-0.05, 0) is 24.7 Å². The topological polar surface area (TPSA) is 208 Å². The molecule has 0 aliphatic heterocycles. The van der Waals surface area contributed by atoms with Crippen molar-refractivity contribution < 1.29 is 24.3 Å². The first-order chi connectivity index (χ1) is 17.5. The SMILES string of the molecule is CC(C)C[C@H](NC(=O)[C@@H](N)CC(C)C)C(=O)N[C@@H](Cc1cnc[nH]1)C(=O)N[C@@H](Cc1cnc[nH]1)C(=O)O. The molecule has 0 aliphatic rings. The number of rotatable bonds is 15. The Hall–Kier alpha value is -3.74. The second-order valence-electron chi connectivity index (χ2n) is 9.95. The van der Waals surface area contributed by atoms with Crippen LogP contribution in [0.4, 0.5) is 0 Å². The van der Waals surface area contributed by atoms with Gasteiger partial charge in [-0.1, -0.05) is 27.7 Å². The molecular formula is C24H38N8O5. The van der Waals surface area contributed by atoms with Crippen molar-refractivity contribution in [2.24, 2.45) is 17.6 Å². The fourth-order valence-electron chi connectivity index (χ4n) is 3.78. The van der Waals surface area contributed by atoms with Crippen molar-refractivity contribution in [3.05, 3.63) is 36.4 Å². The third-order valence-electron chi connectivity index (χ3n) is 5.61.